The molecule has 0 heterocycles. The van der Waals surface area contributed by atoms with Crippen molar-refractivity contribution in [3.63, 3.8) is 0 Å². The molecule has 0 fully saturated rings. The van der Waals surface area contributed by atoms with Gasteiger partial charge in [0.05, 0.1) is 2.74 Å². The molecule has 56 valence electrons. The first kappa shape index (κ1) is 1.41. The minimum absolute atomic E-state index is 0.747. The van der Waals surface area contributed by atoms with Crippen molar-refractivity contribution < 1.29 is 21.6 Å². The molecule has 0 spiro atoms. The van der Waals surface area contributed by atoms with E-state index in [0.717, 1.165) is 6.92 Å². The zero-order valence-corrected chi connectivity index (χ0v) is 4.95. The third-order valence-electron chi connectivity index (χ3n) is 0.431. The SMILES string of the molecule is [2H]C([2H])([2H])C([2H])(C)NC([2H])([2H])C([2H])([2H])C([2H])([2H])C([2H])([2H])O. The molecule has 0 aliphatic heterocycles. The van der Waals surface area contributed by atoms with E-state index < -0.39 is 38.7 Å². The van der Waals surface area contributed by atoms with Crippen LogP contribution in [-0.2, 0) is 0 Å². The van der Waals surface area contributed by atoms with Crippen molar-refractivity contribution in [3.05, 3.63) is 0 Å². The predicted molar refractivity (Wildman–Crippen MR) is 39.5 cm³/mol. The molecule has 0 aliphatic rings. The smallest absolute Gasteiger partial charge is 0.0564 e. The minimum atomic E-state index is -3.73. The zero-order valence-electron chi connectivity index (χ0n) is 16.9. The quantitative estimate of drug-likeness (QED) is 0.595. The number of hydrogen-bond acceptors (Lipinski definition) is 2. The van der Waals surface area contributed by atoms with Crippen LogP contribution in [0.5, 0.6) is 0 Å². The second-order valence-corrected chi connectivity index (χ2v) is 1.24. The topological polar surface area (TPSA) is 32.3 Å². The van der Waals surface area contributed by atoms with E-state index in [9.17, 15) is 0 Å². The fraction of sp³-hybridized carbons (Fsp3) is 1.00. The van der Waals surface area contributed by atoms with Crippen LogP contribution < -0.4 is 5.32 Å². The Kier molecular flexibility index (Phi) is 0.947. The van der Waals surface area contributed by atoms with E-state index in [-0.39, 0.29) is 0 Å². The molecule has 0 rings (SSSR count). The van der Waals surface area contributed by atoms with Crippen molar-refractivity contribution in [2.45, 2.75) is 32.5 Å². The Morgan fingerprint density at radius 1 is 1.89 bits per heavy atom. The molecular formula is C7H17NO. The van der Waals surface area contributed by atoms with Crippen molar-refractivity contribution in [2.24, 2.45) is 0 Å². The van der Waals surface area contributed by atoms with Gasteiger partial charge in [0.2, 0.25) is 0 Å². The molecule has 0 saturated carbocycles. The van der Waals surface area contributed by atoms with Crippen LogP contribution >= 0.6 is 0 Å². The van der Waals surface area contributed by atoms with Gasteiger partial charge in [0.25, 0.3) is 0 Å². The lowest BCUT2D eigenvalue weighted by molar-refractivity contribution is 0.283. The van der Waals surface area contributed by atoms with Crippen LogP contribution in [-0.4, -0.2) is 24.2 Å². The molecule has 1 unspecified atom stereocenters. The molecule has 0 aromatic carbocycles. The molecule has 2 heteroatoms. The van der Waals surface area contributed by atoms with E-state index in [4.69, 9.17) is 21.6 Å². The second kappa shape index (κ2) is 6.05. The average molecular weight is 143 g/mol. The summed E-state index contributed by atoms with van der Waals surface area (Å²) < 4.78 is 87.0. The van der Waals surface area contributed by atoms with Crippen LogP contribution in [0, 0.1) is 0 Å². The highest BCUT2D eigenvalue weighted by Gasteiger charge is 1.89. The molecule has 0 aromatic heterocycles. The van der Waals surface area contributed by atoms with E-state index in [0.29, 0.717) is 0 Å². The predicted octanol–water partition coefficient (Wildman–Crippen LogP) is 0.757. The Labute approximate surface area is 74.1 Å². The number of rotatable bonds is 5. The molecule has 9 heavy (non-hydrogen) atoms. The van der Waals surface area contributed by atoms with Gasteiger partial charge in [-0.25, -0.2) is 0 Å². The summed E-state index contributed by atoms with van der Waals surface area (Å²) >= 11 is 0. The van der Waals surface area contributed by atoms with Crippen LogP contribution in [0.25, 0.3) is 0 Å². The van der Waals surface area contributed by atoms with Crippen LogP contribution in [0.1, 0.15) is 43.0 Å². The Bertz CT molecular complexity index is 380. The van der Waals surface area contributed by atoms with E-state index in [1.165, 1.54) is 5.32 Å². The molecule has 1 atom stereocenters. The van der Waals surface area contributed by atoms with Gasteiger partial charge >= 0.3 is 0 Å². The Balaban J connectivity index is 5.71. The van der Waals surface area contributed by atoms with Gasteiger partial charge in [0, 0.05) is 26.3 Å². The molecule has 0 aliphatic carbocycles. The Morgan fingerprint density at radius 2 is 2.67 bits per heavy atom. The highest BCUT2D eigenvalue weighted by Crippen LogP contribution is 1.85. The lowest BCUT2D eigenvalue weighted by atomic mass is 10.3. The maximum atomic E-state index is 9.07. The van der Waals surface area contributed by atoms with E-state index in [1.54, 1.807) is 0 Å². The summed E-state index contributed by atoms with van der Waals surface area (Å²) in [6, 6.07) is -2.66. The summed E-state index contributed by atoms with van der Waals surface area (Å²) in [6.45, 7) is -9.50. The summed E-state index contributed by atoms with van der Waals surface area (Å²) in [4.78, 5) is 0. The maximum Gasteiger partial charge on any atom is 0.0564 e. The van der Waals surface area contributed by atoms with Gasteiger partial charge < -0.3 is 10.4 Å². The van der Waals surface area contributed by atoms with E-state index >= 15 is 0 Å². The molecule has 0 radical (unpaired) electrons. The van der Waals surface area contributed by atoms with Gasteiger partial charge in [-0.2, -0.15) is 0 Å². The highest BCUT2D eigenvalue weighted by molar-refractivity contribution is 4.51. The summed E-state index contributed by atoms with van der Waals surface area (Å²) in [5, 5.41) is 10.6. The third-order valence-corrected chi connectivity index (χ3v) is 0.431. The van der Waals surface area contributed by atoms with Crippen LogP contribution in [0.2, 0.25) is 0 Å². The van der Waals surface area contributed by atoms with Crippen molar-refractivity contribution in [1.82, 2.24) is 5.32 Å². The van der Waals surface area contributed by atoms with Gasteiger partial charge in [-0.3, -0.25) is 0 Å². The molecule has 0 amide bonds. The molecule has 2 nitrogen and oxygen atoms in total. The summed E-state index contributed by atoms with van der Waals surface area (Å²) in [5.41, 5.74) is 0. The first-order valence-electron chi connectivity index (χ1n) is 8.22. The fourth-order valence-corrected chi connectivity index (χ4v) is 0.184. The molecule has 0 bridgehead atoms. The monoisotopic (exact) mass is 143 g/mol. The van der Waals surface area contributed by atoms with Gasteiger partial charge in [-0.15, -0.1) is 0 Å². The maximum absolute atomic E-state index is 9.07. The Hall–Kier alpha value is -0.0800. The fourth-order valence-electron chi connectivity index (χ4n) is 0.184. The second-order valence-electron chi connectivity index (χ2n) is 1.24. The summed E-state index contributed by atoms with van der Waals surface area (Å²) in [7, 11) is 0. The summed E-state index contributed by atoms with van der Waals surface area (Å²) in [5.74, 6) is 0. The van der Waals surface area contributed by atoms with Crippen LogP contribution in [0.3, 0.4) is 0 Å². The number of hydrogen-bond donors (Lipinski definition) is 2. The normalized spacial score (nSPS) is 44.7. The number of aliphatic hydroxyl groups is 1. The van der Waals surface area contributed by atoms with Crippen molar-refractivity contribution in [1.29, 1.82) is 0 Å². The largest absolute Gasteiger partial charge is 0.396 e. The van der Waals surface area contributed by atoms with Gasteiger partial charge in [-0.1, -0.05) is 13.8 Å². The lowest BCUT2D eigenvalue weighted by Gasteiger charge is -2.05. The molecule has 0 aromatic rings. The van der Waals surface area contributed by atoms with Crippen molar-refractivity contribution >= 4 is 0 Å². The first-order chi connectivity index (χ1) is 8.71. The lowest BCUT2D eigenvalue weighted by Crippen LogP contribution is -2.23. The molecule has 2 N–H and O–H groups in total. The van der Waals surface area contributed by atoms with Gasteiger partial charge in [0.1, 0.15) is 0 Å². The Morgan fingerprint density at radius 3 is 3.22 bits per heavy atom. The summed E-state index contributed by atoms with van der Waals surface area (Å²) in [6.07, 6.45) is -7.41. The van der Waals surface area contributed by atoms with Gasteiger partial charge in [0.15, 0.2) is 0 Å². The van der Waals surface area contributed by atoms with Crippen LogP contribution in [0.15, 0.2) is 0 Å². The average Bonchev–Trinajstić information content (AvgIpc) is 2.11. The molecule has 0 saturated heterocycles. The third kappa shape index (κ3) is 7.92. The van der Waals surface area contributed by atoms with Crippen molar-refractivity contribution in [2.75, 3.05) is 13.1 Å². The minimum Gasteiger partial charge on any atom is -0.396 e. The van der Waals surface area contributed by atoms with Crippen LogP contribution in [0.4, 0.5) is 0 Å². The zero-order chi connectivity index (χ0) is 17.7. The standard InChI is InChI=1S/C7H17NO/c1-7(2)8-5-3-4-6-9/h7-9H,3-6H2,1-2H3/i1D3,3D2,4D2,5D2,6D2,7D. The van der Waals surface area contributed by atoms with Crippen molar-refractivity contribution in [3.8, 4) is 0 Å². The van der Waals surface area contributed by atoms with E-state index in [1.807, 2.05) is 0 Å². The van der Waals surface area contributed by atoms with E-state index in [2.05, 4.69) is 0 Å². The first-order valence-corrected chi connectivity index (χ1v) is 2.22. The van der Waals surface area contributed by atoms with Gasteiger partial charge in [-0.05, 0) is 19.2 Å². The molecular weight excluding hydrogens is 114 g/mol. The number of nitrogens with one attached hydrogen (secondary N) is 1. The highest BCUT2D eigenvalue weighted by atomic mass is 16.2.